The van der Waals surface area contributed by atoms with Crippen LogP contribution in [-0.4, -0.2) is 34.5 Å². The first-order chi connectivity index (χ1) is 8.50. The number of furan rings is 1. The standard InChI is InChI=1S/C11H16N2O4S/c1-7(9-3-2-4-17-9)13-10(14)6-18-5-8(12)11(15)16/h2-4,7-8H,5-6,12H2,1H3,(H,13,14)(H,15,16)/t7?,8-/m0/s1. The number of hydrogen-bond donors (Lipinski definition) is 3. The topological polar surface area (TPSA) is 106 Å². The van der Waals surface area contributed by atoms with Crippen molar-refractivity contribution in [3.63, 3.8) is 0 Å². The Bertz CT molecular complexity index is 394. The molecule has 0 radical (unpaired) electrons. The molecule has 18 heavy (non-hydrogen) atoms. The Hall–Kier alpha value is -1.47. The highest BCUT2D eigenvalue weighted by atomic mass is 32.2. The van der Waals surface area contributed by atoms with Gasteiger partial charge in [0.25, 0.3) is 0 Å². The van der Waals surface area contributed by atoms with E-state index in [0.717, 1.165) is 0 Å². The maximum Gasteiger partial charge on any atom is 0.321 e. The van der Waals surface area contributed by atoms with Gasteiger partial charge in [0.2, 0.25) is 5.91 Å². The predicted molar refractivity (Wildman–Crippen MR) is 68.2 cm³/mol. The van der Waals surface area contributed by atoms with Gasteiger partial charge in [0, 0.05) is 5.75 Å². The molecule has 1 amide bonds. The van der Waals surface area contributed by atoms with Crippen molar-refractivity contribution in [2.24, 2.45) is 5.73 Å². The molecule has 6 nitrogen and oxygen atoms in total. The van der Waals surface area contributed by atoms with Gasteiger partial charge in [-0.25, -0.2) is 0 Å². The van der Waals surface area contributed by atoms with Crippen molar-refractivity contribution in [3.05, 3.63) is 24.2 Å². The summed E-state index contributed by atoms with van der Waals surface area (Å²) in [6.45, 7) is 1.81. The number of carbonyl (C=O) groups excluding carboxylic acids is 1. The first-order valence-corrected chi connectivity index (χ1v) is 6.55. The summed E-state index contributed by atoms with van der Waals surface area (Å²) >= 11 is 1.19. The molecule has 0 aliphatic rings. The van der Waals surface area contributed by atoms with Crippen molar-refractivity contribution in [1.29, 1.82) is 0 Å². The SMILES string of the molecule is CC(NC(=O)CSC[C@H](N)C(=O)O)c1ccco1. The summed E-state index contributed by atoms with van der Waals surface area (Å²) in [6.07, 6.45) is 1.54. The Morgan fingerprint density at radius 3 is 2.89 bits per heavy atom. The molecule has 1 heterocycles. The van der Waals surface area contributed by atoms with Crippen LogP contribution in [0.15, 0.2) is 22.8 Å². The molecule has 0 saturated heterocycles. The van der Waals surface area contributed by atoms with Gasteiger partial charge in [-0.2, -0.15) is 0 Å². The van der Waals surface area contributed by atoms with Crippen molar-refractivity contribution in [2.75, 3.05) is 11.5 Å². The van der Waals surface area contributed by atoms with E-state index in [1.165, 1.54) is 11.8 Å². The molecular formula is C11H16N2O4S. The van der Waals surface area contributed by atoms with Crippen molar-refractivity contribution >= 4 is 23.6 Å². The molecule has 0 spiro atoms. The van der Waals surface area contributed by atoms with Crippen LogP contribution in [0.5, 0.6) is 0 Å². The van der Waals surface area contributed by atoms with Crippen LogP contribution >= 0.6 is 11.8 Å². The first kappa shape index (κ1) is 14.6. The fourth-order valence-corrected chi connectivity index (χ4v) is 2.02. The van der Waals surface area contributed by atoms with Crippen molar-refractivity contribution in [3.8, 4) is 0 Å². The Kier molecular flexibility index (Phi) is 5.73. The molecule has 4 N–H and O–H groups in total. The van der Waals surface area contributed by atoms with Crippen LogP contribution < -0.4 is 11.1 Å². The fourth-order valence-electron chi connectivity index (χ4n) is 1.24. The lowest BCUT2D eigenvalue weighted by molar-refractivity contribution is -0.138. The molecule has 0 aliphatic heterocycles. The molecule has 1 aromatic rings. The maximum absolute atomic E-state index is 11.5. The van der Waals surface area contributed by atoms with Gasteiger partial charge in [-0.3, -0.25) is 9.59 Å². The second kappa shape index (κ2) is 7.07. The molecule has 0 saturated carbocycles. The van der Waals surface area contributed by atoms with E-state index in [9.17, 15) is 9.59 Å². The van der Waals surface area contributed by atoms with E-state index in [4.69, 9.17) is 15.3 Å². The Morgan fingerprint density at radius 1 is 1.61 bits per heavy atom. The Labute approximate surface area is 109 Å². The minimum absolute atomic E-state index is 0.173. The van der Waals surface area contributed by atoms with E-state index in [1.54, 1.807) is 18.4 Å². The van der Waals surface area contributed by atoms with Crippen LogP contribution in [0.25, 0.3) is 0 Å². The van der Waals surface area contributed by atoms with E-state index in [-0.39, 0.29) is 23.5 Å². The van der Waals surface area contributed by atoms with Gasteiger partial charge in [-0.05, 0) is 19.1 Å². The van der Waals surface area contributed by atoms with Crippen LogP contribution in [0.2, 0.25) is 0 Å². The van der Waals surface area contributed by atoms with Crippen LogP contribution in [0.4, 0.5) is 0 Å². The first-order valence-electron chi connectivity index (χ1n) is 5.39. The van der Waals surface area contributed by atoms with Crippen molar-refractivity contribution in [2.45, 2.75) is 19.0 Å². The summed E-state index contributed by atoms with van der Waals surface area (Å²) in [6, 6.07) is 2.38. The molecule has 100 valence electrons. The smallest absolute Gasteiger partial charge is 0.321 e. The Morgan fingerprint density at radius 2 is 2.33 bits per heavy atom. The molecule has 0 aliphatic carbocycles. The molecule has 0 fully saturated rings. The van der Waals surface area contributed by atoms with Crippen LogP contribution in [0, 0.1) is 0 Å². The largest absolute Gasteiger partial charge is 0.480 e. The summed E-state index contributed by atoms with van der Waals surface area (Å²) in [4.78, 5) is 22.0. The number of carboxylic acid groups (broad SMARTS) is 1. The maximum atomic E-state index is 11.5. The van der Waals surface area contributed by atoms with Gasteiger partial charge < -0.3 is 20.6 Å². The van der Waals surface area contributed by atoms with Gasteiger partial charge in [0.1, 0.15) is 11.8 Å². The van der Waals surface area contributed by atoms with Gasteiger partial charge in [-0.1, -0.05) is 0 Å². The van der Waals surface area contributed by atoms with Gasteiger partial charge >= 0.3 is 5.97 Å². The van der Waals surface area contributed by atoms with Gasteiger partial charge in [0.05, 0.1) is 18.1 Å². The number of carbonyl (C=O) groups is 2. The minimum atomic E-state index is -1.06. The molecule has 7 heteroatoms. The molecule has 1 unspecified atom stereocenters. The fraction of sp³-hybridized carbons (Fsp3) is 0.455. The molecule has 2 atom stereocenters. The minimum Gasteiger partial charge on any atom is -0.480 e. The predicted octanol–water partition coefficient (Wildman–Crippen LogP) is 0.602. The zero-order chi connectivity index (χ0) is 13.5. The molecular weight excluding hydrogens is 256 g/mol. The number of carboxylic acids is 1. The summed E-state index contributed by atoms with van der Waals surface area (Å²) in [5.74, 6) is -0.187. The van der Waals surface area contributed by atoms with E-state index < -0.39 is 12.0 Å². The molecule has 1 aromatic heterocycles. The third-order valence-corrected chi connectivity index (χ3v) is 3.26. The average molecular weight is 272 g/mol. The quantitative estimate of drug-likeness (QED) is 0.671. The highest BCUT2D eigenvalue weighted by Gasteiger charge is 2.14. The van der Waals surface area contributed by atoms with E-state index in [1.807, 2.05) is 6.92 Å². The lowest BCUT2D eigenvalue weighted by atomic mass is 10.2. The summed E-state index contributed by atoms with van der Waals surface area (Å²) in [5.41, 5.74) is 5.31. The zero-order valence-electron chi connectivity index (χ0n) is 9.96. The molecule has 0 aromatic carbocycles. The number of nitrogens with one attached hydrogen (secondary N) is 1. The van der Waals surface area contributed by atoms with E-state index >= 15 is 0 Å². The third kappa shape index (κ3) is 4.80. The van der Waals surface area contributed by atoms with Crippen molar-refractivity contribution in [1.82, 2.24) is 5.32 Å². The number of nitrogens with two attached hydrogens (primary N) is 1. The lowest BCUT2D eigenvalue weighted by Gasteiger charge is -2.11. The summed E-state index contributed by atoms with van der Waals surface area (Å²) < 4.78 is 5.15. The van der Waals surface area contributed by atoms with Crippen LogP contribution in [-0.2, 0) is 9.59 Å². The second-order valence-corrected chi connectivity index (χ2v) is 4.79. The van der Waals surface area contributed by atoms with Gasteiger partial charge in [0.15, 0.2) is 0 Å². The number of amides is 1. The monoisotopic (exact) mass is 272 g/mol. The summed E-state index contributed by atoms with van der Waals surface area (Å²) in [7, 11) is 0. The van der Waals surface area contributed by atoms with Crippen LogP contribution in [0.1, 0.15) is 18.7 Å². The number of hydrogen-bond acceptors (Lipinski definition) is 5. The molecule has 0 bridgehead atoms. The Balaban J connectivity index is 2.24. The number of rotatable bonds is 7. The van der Waals surface area contributed by atoms with Crippen LogP contribution in [0.3, 0.4) is 0 Å². The van der Waals surface area contributed by atoms with E-state index in [0.29, 0.717) is 5.76 Å². The second-order valence-electron chi connectivity index (χ2n) is 3.76. The average Bonchev–Trinajstić information content (AvgIpc) is 2.81. The van der Waals surface area contributed by atoms with Crippen molar-refractivity contribution < 1.29 is 19.1 Å². The third-order valence-electron chi connectivity index (χ3n) is 2.20. The van der Waals surface area contributed by atoms with E-state index in [2.05, 4.69) is 5.32 Å². The molecule has 1 rings (SSSR count). The normalized spacial score (nSPS) is 13.9. The summed E-state index contributed by atoms with van der Waals surface area (Å²) in [5, 5.41) is 11.3. The lowest BCUT2D eigenvalue weighted by Crippen LogP contribution is -2.34. The number of aliphatic carboxylic acids is 1. The highest BCUT2D eigenvalue weighted by Crippen LogP contribution is 2.12. The number of thioether (sulfide) groups is 1. The van der Waals surface area contributed by atoms with Gasteiger partial charge in [-0.15, -0.1) is 11.8 Å². The zero-order valence-corrected chi connectivity index (χ0v) is 10.8. The highest BCUT2D eigenvalue weighted by molar-refractivity contribution is 8.00.